The van der Waals surface area contributed by atoms with Crippen molar-refractivity contribution >= 4 is 27.7 Å². The molecule has 1 aromatic carbocycles. The van der Waals surface area contributed by atoms with Gasteiger partial charge >= 0.3 is 0 Å². The maximum atomic E-state index is 5.57. The van der Waals surface area contributed by atoms with Crippen LogP contribution in [0.1, 0.15) is 6.92 Å². The van der Waals surface area contributed by atoms with Crippen LogP contribution in [0.4, 0.5) is 0 Å². The van der Waals surface area contributed by atoms with E-state index in [0.29, 0.717) is 11.1 Å². The molecule has 2 aromatic rings. The minimum atomic E-state index is 0.529. The first-order chi connectivity index (χ1) is 8.16. The van der Waals surface area contributed by atoms with Crippen LogP contribution in [0.2, 0.25) is 0 Å². The van der Waals surface area contributed by atoms with Gasteiger partial charge in [-0.2, -0.15) is 0 Å². The second-order valence-electron chi connectivity index (χ2n) is 3.60. The zero-order valence-corrected chi connectivity index (χ0v) is 11.7. The van der Waals surface area contributed by atoms with Crippen LogP contribution < -0.4 is 0 Å². The highest BCUT2D eigenvalue weighted by atomic mass is 79.9. The number of nitrogens with zero attached hydrogens (tertiary/aromatic N) is 2. The third kappa shape index (κ3) is 3.20. The third-order valence-electron chi connectivity index (χ3n) is 1.95. The summed E-state index contributed by atoms with van der Waals surface area (Å²) in [4.78, 5) is 0. The Hall–Kier alpha value is -1.07. The van der Waals surface area contributed by atoms with E-state index in [-0.39, 0.29) is 0 Å². The van der Waals surface area contributed by atoms with E-state index in [2.05, 4.69) is 32.7 Å². The van der Waals surface area contributed by atoms with Crippen molar-refractivity contribution in [3.05, 3.63) is 40.9 Å². The summed E-state index contributed by atoms with van der Waals surface area (Å²) in [5, 5.41) is 8.59. The van der Waals surface area contributed by atoms with Crippen molar-refractivity contribution in [3.63, 3.8) is 0 Å². The Labute approximate surface area is 112 Å². The number of hydrogen-bond acceptors (Lipinski definition) is 4. The first-order valence-electron chi connectivity index (χ1n) is 5.02. The summed E-state index contributed by atoms with van der Waals surface area (Å²) < 4.78 is 6.52. The standard InChI is InChI=1S/C12H11BrN2OS/c1-8(2)7-17-12-15-14-11(16-12)9-5-3-4-6-10(9)13/h3-6H,1,7H2,2H3. The summed E-state index contributed by atoms with van der Waals surface area (Å²) in [6.07, 6.45) is 0. The van der Waals surface area contributed by atoms with Gasteiger partial charge in [0.1, 0.15) is 0 Å². The SMILES string of the molecule is C=C(C)CSc1nnc(-c2ccccc2Br)o1. The molecule has 1 aromatic heterocycles. The highest BCUT2D eigenvalue weighted by Crippen LogP contribution is 2.29. The van der Waals surface area contributed by atoms with Crippen molar-refractivity contribution in [3.8, 4) is 11.5 Å². The van der Waals surface area contributed by atoms with Gasteiger partial charge in [-0.05, 0) is 35.0 Å². The summed E-state index contributed by atoms with van der Waals surface area (Å²) >= 11 is 4.95. The minimum Gasteiger partial charge on any atom is -0.411 e. The summed E-state index contributed by atoms with van der Waals surface area (Å²) in [7, 11) is 0. The maximum absolute atomic E-state index is 5.57. The Morgan fingerprint density at radius 3 is 2.88 bits per heavy atom. The van der Waals surface area contributed by atoms with Crippen LogP contribution in [-0.2, 0) is 0 Å². The fraction of sp³-hybridized carbons (Fsp3) is 0.167. The van der Waals surface area contributed by atoms with Gasteiger partial charge in [0.15, 0.2) is 0 Å². The quantitative estimate of drug-likeness (QED) is 0.627. The van der Waals surface area contributed by atoms with Gasteiger partial charge in [-0.15, -0.1) is 10.2 Å². The van der Waals surface area contributed by atoms with Crippen molar-refractivity contribution < 1.29 is 4.42 Å². The lowest BCUT2D eigenvalue weighted by Crippen LogP contribution is -1.79. The molecule has 1 heterocycles. The van der Waals surface area contributed by atoms with Crippen molar-refractivity contribution in [1.29, 1.82) is 0 Å². The molecule has 0 saturated carbocycles. The van der Waals surface area contributed by atoms with Gasteiger partial charge in [-0.3, -0.25) is 0 Å². The van der Waals surface area contributed by atoms with Gasteiger partial charge < -0.3 is 4.42 Å². The molecule has 0 bridgehead atoms. The second-order valence-corrected chi connectivity index (χ2v) is 5.38. The third-order valence-corrected chi connectivity index (χ3v) is 3.69. The molecule has 17 heavy (non-hydrogen) atoms. The lowest BCUT2D eigenvalue weighted by Gasteiger charge is -1.97. The number of aromatic nitrogens is 2. The highest BCUT2D eigenvalue weighted by Gasteiger charge is 2.11. The largest absolute Gasteiger partial charge is 0.411 e. The fourth-order valence-corrected chi connectivity index (χ4v) is 2.26. The lowest BCUT2D eigenvalue weighted by molar-refractivity contribution is 0.466. The summed E-state index contributed by atoms with van der Waals surface area (Å²) in [5.41, 5.74) is 1.98. The predicted octanol–water partition coefficient (Wildman–Crippen LogP) is 4.17. The zero-order valence-electron chi connectivity index (χ0n) is 9.31. The van der Waals surface area contributed by atoms with Gasteiger partial charge in [0.2, 0.25) is 5.89 Å². The molecule has 0 aliphatic rings. The molecule has 88 valence electrons. The van der Waals surface area contributed by atoms with E-state index in [1.54, 1.807) is 0 Å². The Morgan fingerprint density at radius 2 is 2.18 bits per heavy atom. The van der Waals surface area contributed by atoms with Gasteiger partial charge in [-0.25, -0.2) is 0 Å². The molecular formula is C12H11BrN2OS. The molecule has 0 aliphatic carbocycles. The Morgan fingerprint density at radius 1 is 1.41 bits per heavy atom. The predicted molar refractivity (Wildman–Crippen MR) is 73.0 cm³/mol. The first-order valence-corrected chi connectivity index (χ1v) is 6.80. The molecule has 0 fully saturated rings. The van der Waals surface area contributed by atoms with E-state index >= 15 is 0 Å². The van der Waals surface area contributed by atoms with Crippen molar-refractivity contribution in [2.75, 3.05) is 5.75 Å². The van der Waals surface area contributed by atoms with Gasteiger partial charge in [0, 0.05) is 10.2 Å². The van der Waals surface area contributed by atoms with Crippen LogP contribution in [0.5, 0.6) is 0 Å². The first kappa shape index (κ1) is 12.4. The molecule has 0 spiro atoms. The molecule has 0 amide bonds. The molecule has 0 saturated heterocycles. The molecular weight excluding hydrogens is 300 g/mol. The fourth-order valence-electron chi connectivity index (χ4n) is 1.20. The van der Waals surface area contributed by atoms with E-state index < -0.39 is 0 Å². The Kier molecular flexibility index (Phi) is 4.02. The Bertz CT molecular complexity index is 539. The summed E-state index contributed by atoms with van der Waals surface area (Å²) in [6.45, 7) is 5.80. The highest BCUT2D eigenvalue weighted by molar-refractivity contribution is 9.10. The molecule has 0 radical (unpaired) electrons. The summed E-state index contributed by atoms with van der Waals surface area (Å²) in [6, 6.07) is 7.76. The van der Waals surface area contributed by atoms with E-state index in [1.165, 1.54) is 11.8 Å². The van der Waals surface area contributed by atoms with Crippen molar-refractivity contribution in [2.45, 2.75) is 12.1 Å². The van der Waals surface area contributed by atoms with E-state index in [0.717, 1.165) is 21.4 Å². The molecule has 5 heteroatoms. The van der Waals surface area contributed by atoms with E-state index in [9.17, 15) is 0 Å². The molecule has 2 rings (SSSR count). The monoisotopic (exact) mass is 310 g/mol. The van der Waals surface area contributed by atoms with Crippen LogP contribution in [-0.4, -0.2) is 16.0 Å². The van der Waals surface area contributed by atoms with E-state index in [1.807, 2.05) is 31.2 Å². The average Bonchev–Trinajstić information content (AvgIpc) is 2.75. The molecule has 3 nitrogen and oxygen atoms in total. The number of halogens is 1. The zero-order chi connectivity index (χ0) is 12.3. The number of thioether (sulfide) groups is 1. The van der Waals surface area contributed by atoms with Crippen molar-refractivity contribution in [2.24, 2.45) is 0 Å². The number of benzene rings is 1. The number of hydrogen-bond donors (Lipinski definition) is 0. The molecule has 0 aliphatic heterocycles. The van der Waals surface area contributed by atoms with Crippen LogP contribution >= 0.6 is 27.7 Å². The number of rotatable bonds is 4. The second kappa shape index (κ2) is 5.51. The smallest absolute Gasteiger partial charge is 0.277 e. The van der Waals surface area contributed by atoms with Crippen LogP contribution in [0.25, 0.3) is 11.5 Å². The van der Waals surface area contributed by atoms with Gasteiger partial charge in [-0.1, -0.05) is 36.0 Å². The topological polar surface area (TPSA) is 38.9 Å². The maximum Gasteiger partial charge on any atom is 0.277 e. The summed E-state index contributed by atoms with van der Waals surface area (Å²) in [5.74, 6) is 1.32. The average molecular weight is 311 g/mol. The normalized spacial score (nSPS) is 10.5. The van der Waals surface area contributed by atoms with Crippen LogP contribution in [0, 0.1) is 0 Å². The molecule has 0 atom stereocenters. The minimum absolute atomic E-state index is 0.529. The van der Waals surface area contributed by atoms with Gasteiger partial charge in [0.05, 0.1) is 5.56 Å². The van der Waals surface area contributed by atoms with E-state index in [4.69, 9.17) is 4.42 Å². The van der Waals surface area contributed by atoms with Crippen LogP contribution in [0.15, 0.2) is 50.5 Å². The molecule has 0 N–H and O–H groups in total. The van der Waals surface area contributed by atoms with Crippen LogP contribution in [0.3, 0.4) is 0 Å². The molecule has 0 unspecified atom stereocenters. The van der Waals surface area contributed by atoms with Gasteiger partial charge in [0.25, 0.3) is 5.22 Å². The van der Waals surface area contributed by atoms with Crippen molar-refractivity contribution in [1.82, 2.24) is 10.2 Å². The Balaban J connectivity index is 2.18. The lowest BCUT2D eigenvalue weighted by atomic mass is 10.2.